The van der Waals surface area contributed by atoms with Gasteiger partial charge in [0.05, 0.1) is 6.10 Å². The summed E-state index contributed by atoms with van der Waals surface area (Å²) in [5.41, 5.74) is 2.32. The molecule has 0 radical (unpaired) electrons. The van der Waals surface area contributed by atoms with E-state index in [1.165, 1.54) is 0 Å². The van der Waals surface area contributed by atoms with Gasteiger partial charge in [-0.1, -0.05) is 54.1 Å². The Kier molecular flexibility index (Phi) is 5.60. The van der Waals surface area contributed by atoms with Crippen LogP contribution in [0.15, 0.2) is 54.6 Å². The molecule has 0 aliphatic rings. The van der Waals surface area contributed by atoms with E-state index in [9.17, 15) is 5.11 Å². The Hall–Kier alpha value is -1.35. The molecule has 3 heteroatoms. The van der Waals surface area contributed by atoms with Crippen molar-refractivity contribution in [2.75, 3.05) is 13.6 Å². The summed E-state index contributed by atoms with van der Waals surface area (Å²) in [5, 5.41) is 10.9. The predicted molar refractivity (Wildman–Crippen MR) is 83.9 cm³/mol. The molecule has 1 unspecified atom stereocenters. The maximum Gasteiger partial charge on any atom is 0.0707 e. The molecule has 0 aliphatic heterocycles. The molecule has 0 bridgehead atoms. The van der Waals surface area contributed by atoms with Crippen LogP contribution in [0.2, 0.25) is 5.02 Å². The maximum absolute atomic E-state index is 10.1. The molecule has 2 aromatic rings. The van der Waals surface area contributed by atoms with Crippen LogP contribution in [-0.4, -0.2) is 29.7 Å². The molecule has 0 fully saturated rings. The maximum atomic E-state index is 10.1. The molecule has 0 amide bonds. The monoisotopic (exact) mass is 289 g/mol. The summed E-state index contributed by atoms with van der Waals surface area (Å²) >= 11 is 5.97. The predicted octanol–water partition coefficient (Wildman–Crippen LogP) is 3.38. The summed E-state index contributed by atoms with van der Waals surface area (Å²) in [6.45, 7) is 1.42. The van der Waals surface area contributed by atoms with E-state index in [4.69, 9.17) is 11.6 Å². The van der Waals surface area contributed by atoms with Gasteiger partial charge in [0.1, 0.15) is 0 Å². The normalized spacial score (nSPS) is 12.6. The molecular formula is C17H20ClNO. The third-order valence-electron chi connectivity index (χ3n) is 3.18. The van der Waals surface area contributed by atoms with Crippen LogP contribution in [0.4, 0.5) is 0 Å². The summed E-state index contributed by atoms with van der Waals surface area (Å²) in [6.07, 6.45) is 0.322. The zero-order valence-electron chi connectivity index (χ0n) is 11.7. The summed E-state index contributed by atoms with van der Waals surface area (Å²) in [4.78, 5) is 2.11. The molecule has 2 rings (SSSR count). The zero-order valence-corrected chi connectivity index (χ0v) is 12.4. The molecular weight excluding hydrogens is 270 g/mol. The average Bonchev–Trinajstić information content (AvgIpc) is 2.39. The summed E-state index contributed by atoms with van der Waals surface area (Å²) in [5.74, 6) is 0. The van der Waals surface area contributed by atoms with Crippen molar-refractivity contribution in [3.8, 4) is 0 Å². The van der Waals surface area contributed by atoms with E-state index < -0.39 is 0 Å². The Bertz CT molecular complexity index is 530. The number of rotatable bonds is 6. The Labute approximate surface area is 125 Å². The lowest BCUT2D eigenvalue weighted by atomic mass is 10.1. The Morgan fingerprint density at radius 3 is 2.45 bits per heavy atom. The minimum absolute atomic E-state index is 0.360. The van der Waals surface area contributed by atoms with Crippen LogP contribution < -0.4 is 0 Å². The molecule has 0 aliphatic carbocycles. The van der Waals surface area contributed by atoms with Crippen LogP contribution in [0.1, 0.15) is 11.1 Å². The van der Waals surface area contributed by atoms with E-state index in [-0.39, 0.29) is 6.10 Å². The number of nitrogens with zero attached hydrogens (tertiary/aromatic N) is 1. The van der Waals surface area contributed by atoms with Crippen molar-refractivity contribution in [3.63, 3.8) is 0 Å². The minimum atomic E-state index is -0.360. The van der Waals surface area contributed by atoms with Gasteiger partial charge in [-0.3, -0.25) is 4.90 Å². The van der Waals surface area contributed by atoms with Gasteiger partial charge in [-0.2, -0.15) is 0 Å². The highest BCUT2D eigenvalue weighted by Gasteiger charge is 2.09. The summed E-state index contributed by atoms with van der Waals surface area (Å²) in [6, 6.07) is 17.9. The van der Waals surface area contributed by atoms with Crippen molar-refractivity contribution < 1.29 is 5.11 Å². The second-order valence-electron chi connectivity index (χ2n) is 5.17. The lowest BCUT2D eigenvalue weighted by molar-refractivity contribution is 0.123. The minimum Gasteiger partial charge on any atom is -0.391 e. The first-order valence-corrected chi connectivity index (χ1v) is 7.16. The van der Waals surface area contributed by atoms with Gasteiger partial charge >= 0.3 is 0 Å². The van der Waals surface area contributed by atoms with Crippen molar-refractivity contribution in [1.82, 2.24) is 4.90 Å². The fraction of sp³-hybridized carbons (Fsp3) is 0.294. The van der Waals surface area contributed by atoms with Crippen LogP contribution in [0, 0.1) is 0 Å². The van der Waals surface area contributed by atoms with Gasteiger partial charge in [-0.05, 0) is 36.7 Å². The van der Waals surface area contributed by atoms with E-state index in [0.717, 1.165) is 22.7 Å². The van der Waals surface area contributed by atoms with E-state index >= 15 is 0 Å². The van der Waals surface area contributed by atoms with Crippen molar-refractivity contribution in [1.29, 1.82) is 0 Å². The third kappa shape index (κ3) is 4.97. The molecule has 106 valence electrons. The van der Waals surface area contributed by atoms with Crippen molar-refractivity contribution >= 4 is 11.6 Å². The molecule has 0 aromatic heterocycles. The van der Waals surface area contributed by atoms with Gasteiger partial charge in [-0.15, -0.1) is 0 Å². The number of likely N-dealkylation sites (N-methyl/N-ethyl adjacent to an activating group) is 1. The van der Waals surface area contributed by atoms with Gasteiger partial charge < -0.3 is 5.11 Å². The highest BCUT2D eigenvalue weighted by atomic mass is 35.5. The third-order valence-corrected chi connectivity index (χ3v) is 3.41. The van der Waals surface area contributed by atoms with Crippen LogP contribution >= 0.6 is 11.6 Å². The molecule has 1 atom stereocenters. The van der Waals surface area contributed by atoms with E-state index in [0.29, 0.717) is 13.0 Å². The van der Waals surface area contributed by atoms with Crippen molar-refractivity contribution in [2.24, 2.45) is 0 Å². The number of halogens is 1. The lowest BCUT2D eigenvalue weighted by Gasteiger charge is -2.20. The average molecular weight is 290 g/mol. The summed E-state index contributed by atoms with van der Waals surface area (Å²) < 4.78 is 0. The molecule has 0 spiro atoms. The van der Waals surface area contributed by atoms with Gasteiger partial charge in [-0.25, -0.2) is 0 Å². The summed E-state index contributed by atoms with van der Waals surface area (Å²) in [7, 11) is 2.01. The van der Waals surface area contributed by atoms with E-state index in [2.05, 4.69) is 4.90 Å². The highest BCUT2D eigenvalue weighted by molar-refractivity contribution is 6.30. The molecule has 0 saturated carbocycles. The van der Waals surface area contributed by atoms with Crippen molar-refractivity contribution in [2.45, 2.75) is 19.1 Å². The lowest BCUT2D eigenvalue weighted by Crippen LogP contribution is -2.30. The number of benzene rings is 2. The fourth-order valence-electron chi connectivity index (χ4n) is 2.32. The standard InChI is InChI=1S/C17H20ClNO/c1-19(12-15-8-5-9-16(18)10-15)13-17(20)11-14-6-3-2-4-7-14/h2-10,17,20H,11-13H2,1H3. The SMILES string of the molecule is CN(Cc1cccc(Cl)c1)CC(O)Cc1ccccc1. The largest absolute Gasteiger partial charge is 0.391 e. The van der Waals surface area contributed by atoms with Crippen LogP contribution in [0.5, 0.6) is 0 Å². The van der Waals surface area contributed by atoms with E-state index in [1.54, 1.807) is 0 Å². The molecule has 0 heterocycles. The quantitative estimate of drug-likeness (QED) is 0.881. The van der Waals surface area contributed by atoms with E-state index in [1.807, 2.05) is 61.6 Å². The van der Waals surface area contributed by atoms with Crippen LogP contribution in [-0.2, 0) is 13.0 Å². The first-order chi connectivity index (χ1) is 9.63. The smallest absolute Gasteiger partial charge is 0.0707 e. The number of aliphatic hydroxyl groups is 1. The Morgan fingerprint density at radius 1 is 1.05 bits per heavy atom. The van der Waals surface area contributed by atoms with Crippen molar-refractivity contribution in [3.05, 3.63) is 70.7 Å². The fourth-order valence-corrected chi connectivity index (χ4v) is 2.53. The van der Waals surface area contributed by atoms with Gasteiger partial charge in [0, 0.05) is 18.1 Å². The topological polar surface area (TPSA) is 23.5 Å². The zero-order chi connectivity index (χ0) is 14.4. The number of hydrogen-bond donors (Lipinski definition) is 1. The van der Waals surface area contributed by atoms with Crippen LogP contribution in [0.3, 0.4) is 0 Å². The first-order valence-electron chi connectivity index (χ1n) is 6.78. The molecule has 2 aromatic carbocycles. The second-order valence-corrected chi connectivity index (χ2v) is 5.61. The highest BCUT2D eigenvalue weighted by Crippen LogP contribution is 2.12. The van der Waals surface area contributed by atoms with Gasteiger partial charge in [0.25, 0.3) is 0 Å². The Morgan fingerprint density at radius 2 is 1.75 bits per heavy atom. The van der Waals surface area contributed by atoms with Gasteiger partial charge in [0.2, 0.25) is 0 Å². The van der Waals surface area contributed by atoms with Gasteiger partial charge in [0.15, 0.2) is 0 Å². The second kappa shape index (κ2) is 7.44. The molecule has 0 saturated heterocycles. The molecule has 2 nitrogen and oxygen atoms in total. The van der Waals surface area contributed by atoms with Crippen LogP contribution in [0.25, 0.3) is 0 Å². The number of aliphatic hydroxyl groups excluding tert-OH is 1. The molecule has 20 heavy (non-hydrogen) atoms. The first kappa shape index (κ1) is 15.0. The Balaban J connectivity index is 1.83. The number of hydrogen-bond acceptors (Lipinski definition) is 2. The molecule has 1 N–H and O–H groups in total.